The van der Waals surface area contributed by atoms with Gasteiger partial charge in [-0.3, -0.25) is 9.69 Å². The topological polar surface area (TPSA) is 62.5 Å². The molecule has 0 aliphatic carbocycles. The number of carbonyl (C=O) groups excluding carboxylic acids is 1. The number of rotatable bonds is 3. The van der Waals surface area contributed by atoms with Crippen molar-refractivity contribution in [3.8, 4) is 0 Å². The molecule has 1 fully saturated rings. The lowest BCUT2D eigenvalue weighted by Crippen LogP contribution is -2.48. The SMILES string of the molecule is O=C(c1ccco1)N1CCN(Cc2nnsc2Cl)CC1. The first-order valence-electron chi connectivity index (χ1n) is 6.26. The predicted molar refractivity (Wildman–Crippen MR) is 74.8 cm³/mol. The van der Waals surface area contributed by atoms with Crippen molar-refractivity contribution in [2.24, 2.45) is 0 Å². The fourth-order valence-electron chi connectivity index (χ4n) is 2.17. The molecule has 3 heterocycles. The van der Waals surface area contributed by atoms with Gasteiger partial charge in [-0.25, -0.2) is 0 Å². The van der Waals surface area contributed by atoms with E-state index in [9.17, 15) is 4.79 Å². The molecular weight excluding hydrogens is 300 g/mol. The summed E-state index contributed by atoms with van der Waals surface area (Å²) in [5, 5.41) is 4.00. The smallest absolute Gasteiger partial charge is 0.289 e. The Morgan fingerprint density at radius 3 is 2.80 bits per heavy atom. The number of amides is 1. The van der Waals surface area contributed by atoms with Gasteiger partial charge in [0.15, 0.2) is 5.76 Å². The van der Waals surface area contributed by atoms with Crippen LogP contribution in [-0.4, -0.2) is 51.5 Å². The zero-order valence-corrected chi connectivity index (χ0v) is 12.2. The van der Waals surface area contributed by atoms with Gasteiger partial charge in [0.1, 0.15) is 10.0 Å². The second kappa shape index (κ2) is 5.90. The summed E-state index contributed by atoms with van der Waals surface area (Å²) in [6, 6.07) is 3.41. The fraction of sp³-hybridized carbons (Fsp3) is 0.417. The minimum Gasteiger partial charge on any atom is -0.459 e. The Bertz CT molecular complexity index is 578. The highest BCUT2D eigenvalue weighted by Gasteiger charge is 2.24. The highest BCUT2D eigenvalue weighted by atomic mass is 35.5. The highest BCUT2D eigenvalue weighted by molar-refractivity contribution is 7.10. The average molecular weight is 313 g/mol. The Hall–Kier alpha value is -1.44. The van der Waals surface area contributed by atoms with Gasteiger partial charge in [0.05, 0.1) is 6.26 Å². The zero-order valence-electron chi connectivity index (χ0n) is 10.7. The molecule has 106 valence electrons. The molecule has 2 aromatic heterocycles. The minimum atomic E-state index is -0.0528. The first-order chi connectivity index (χ1) is 9.74. The van der Waals surface area contributed by atoms with Crippen LogP contribution in [-0.2, 0) is 6.54 Å². The van der Waals surface area contributed by atoms with E-state index in [2.05, 4.69) is 14.5 Å². The van der Waals surface area contributed by atoms with Gasteiger partial charge in [0.25, 0.3) is 5.91 Å². The molecule has 1 amide bonds. The molecule has 0 N–H and O–H groups in total. The summed E-state index contributed by atoms with van der Waals surface area (Å²) in [6.07, 6.45) is 1.51. The van der Waals surface area contributed by atoms with Gasteiger partial charge in [-0.15, -0.1) is 5.10 Å². The molecule has 8 heteroatoms. The lowest BCUT2D eigenvalue weighted by Gasteiger charge is -2.33. The Kier molecular flexibility index (Phi) is 4.00. The molecule has 0 bridgehead atoms. The molecule has 0 radical (unpaired) electrons. The molecule has 0 spiro atoms. The molecule has 0 atom stereocenters. The van der Waals surface area contributed by atoms with Crippen LogP contribution in [0, 0.1) is 0 Å². The van der Waals surface area contributed by atoms with Crippen molar-refractivity contribution in [3.05, 3.63) is 34.2 Å². The lowest BCUT2D eigenvalue weighted by molar-refractivity contribution is 0.0596. The summed E-state index contributed by atoms with van der Waals surface area (Å²) < 4.78 is 9.60. The number of furan rings is 1. The number of hydrogen-bond donors (Lipinski definition) is 0. The molecule has 0 saturated carbocycles. The van der Waals surface area contributed by atoms with Crippen LogP contribution in [0.4, 0.5) is 0 Å². The third kappa shape index (κ3) is 2.84. The Labute approximate surface area is 125 Å². The maximum absolute atomic E-state index is 12.1. The van der Waals surface area contributed by atoms with E-state index in [1.165, 1.54) is 17.8 Å². The molecule has 1 aliphatic heterocycles. The van der Waals surface area contributed by atoms with Gasteiger partial charge < -0.3 is 9.32 Å². The summed E-state index contributed by atoms with van der Waals surface area (Å²) in [4.78, 5) is 16.1. The summed E-state index contributed by atoms with van der Waals surface area (Å²) in [5.41, 5.74) is 0.808. The van der Waals surface area contributed by atoms with E-state index in [-0.39, 0.29) is 5.91 Å². The standard InChI is InChI=1S/C12H13ClN4O2S/c13-11-9(14-15-20-11)8-16-3-5-17(6-4-16)12(18)10-2-1-7-19-10/h1-2,7H,3-6,8H2. The number of hydrogen-bond acceptors (Lipinski definition) is 6. The molecule has 0 unspecified atom stereocenters. The second-order valence-electron chi connectivity index (χ2n) is 4.54. The van der Waals surface area contributed by atoms with Gasteiger partial charge in [-0.1, -0.05) is 16.1 Å². The van der Waals surface area contributed by atoms with Gasteiger partial charge in [-0.2, -0.15) is 0 Å². The first-order valence-corrected chi connectivity index (χ1v) is 7.41. The first kappa shape index (κ1) is 13.5. The zero-order chi connectivity index (χ0) is 13.9. The minimum absolute atomic E-state index is 0.0528. The van der Waals surface area contributed by atoms with Crippen molar-refractivity contribution in [1.29, 1.82) is 0 Å². The largest absolute Gasteiger partial charge is 0.459 e. The van der Waals surface area contributed by atoms with Crippen LogP contribution in [0.5, 0.6) is 0 Å². The molecule has 2 aromatic rings. The molecule has 1 saturated heterocycles. The Morgan fingerprint density at radius 1 is 1.40 bits per heavy atom. The quantitative estimate of drug-likeness (QED) is 0.864. The van der Waals surface area contributed by atoms with Crippen LogP contribution in [0.1, 0.15) is 16.2 Å². The van der Waals surface area contributed by atoms with Crippen molar-refractivity contribution in [1.82, 2.24) is 19.4 Å². The molecule has 20 heavy (non-hydrogen) atoms. The van der Waals surface area contributed by atoms with Crippen LogP contribution >= 0.6 is 23.1 Å². The third-order valence-electron chi connectivity index (χ3n) is 3.27. The number of piperazine rings is 1. The van der Waals surface area contributed by atoms with Crippen LogP contribution in [0.15, 0.2) is 22.8 Å². The predicted octanol–water partition coefficient (Wildman–Crippen LogP) is 1.74. The summed E-state index contributed by atoms with van der Waals surface area (Å²) in [7, 11) is 0. The van der Waals surface area contributed by atoms with E-state index in [0.29, 0.717) is 29.7 Å². The van der Waals surface area contributed by atoms with Crippen LogP contribution in [0.3, 0.4) is 0 Å². The molecule has 1 aliphatic rings. The summed E-state index contributed by atoms with van der Waals surface area (Å²) in [5.74, 6) is 0.341. The van der Waals surface area contributed by atoms with E-state index in [1.54, 1.807) is 17.0 Å². The van der Waals surface area contributed by atoms with Crippen LogP contribution in [0.2, 0.25) is 4.34 Å². The fourth-order valence-corrected chi connectivity index (χ4v) is 2.78. The van der Waals surface area contributed by atoms with E-state index in [1.807, 2.05) is 0 Å². The average Bonchev–Trinajstić information content (AvgIpc) is 3.12. The van der Waals surface area contributed by atoms with Gasteiger partial charge in [0.2, 0.25) is 0 Å². The van der Waals surface area contributed by atoms with E-state index in [4.69, 9.17) is 16.0 Å². The number of halogens is 1. The van der Waals surface area contributed by atoms with Crippen LogP contribution < -0.4 is 0 Å². The molecule has 0 aromatic carbocycles. The molecule has 6 nitrogen and oxygen atoms in total. The number of nitrogens with zero attached hydrogens (tertiary/aromatic N) is 4. The Morgan fingerprint density at radius 2 is 2.20 bits per heavy atom. The van der Waals surface area contributed by atoms with Gasteiger partial charge in [0, 0.05) is 44.3 Å². The monoisotopic (exact) mass is 312 g/mol. The maximum Gasteiger partial charge on any atom is 0.289 e. The van der Waals surface area contributed by atoms with Crippen molar-refractivity contribution in [2.45, 2.75) is 6.54 Å². The third-order valence-corrected chi connectivity index (χ3v) is 4.26. The lowest BCUT2D eigenvalue weighted by atomic mass is 10.2. The second-order valence-corrected chi connectivity index (χ2v) is 5.90. The molecule has 3 rings (SSSR count). The molecular formula is C12H13ClN4O2S. The van der Waals surface area contributed by atoms with Crippen molar-refractivity contribution < 1.29 is 9.21 Å². The normalized spacial score (nSPS) is 16.6. The van der Waals surface area contributed by atoms with E-state index < -0.39 is 0 Å². The summed E-state index contributed by atoms with van der Waals surface area (Å²) >= 11 is 7.19. The van der Waals surface area contributed by atoms with E-state index in [0.717, 1.165) is 18.8 Å². The van der Waals surface area contributed by atoms with Crippen molar-refractivity contribution in [2.75, 3.05) is 26.2 Å². The van der Waals surface area contributed by atoms with Crippen molar-refractivity contribution in [3.63, 3.8) is 0 Å². The summed E-state index contributed by atoms with van der Waals surface area (Å²) in [6.45, 7) is 3.61. The van der Waals surface area contributed by atoms with E-state index >= 15 is 0 Å². The number of aromatic nitrogens is 2. The van der Waals surface area contributed by atoms with Gasteiger partial charge in [-0.05, 0) is 12.1 Å². The van der Waals surface area contributed by atoms with Crippen molar-refractivity contribution >= 4 is 29.0 Å². The highest BCUT2D eigenvalue weighted by Crippen LogP contribution is 2.19. The van der Waals surface area contributed by atoms with Crippen LogP contribution in [0.25, 0.3) is 0 Å². The Balaban J connectivity index is 1.55. The number of carbonyl (C=O) groups is 1. The maximum atomic E-state index is 12.1. The van der Waals surface area contributed by atoms with Gasteiger partial charge >= 0.3 is 0 Å².